The highest BCUT2D eigenvalue weighted by atomic mass is 32.1. The van der Waals surface area contributed by atoms with Crippen molar-refractivity contribution in [3.05, 3.63) is 34.4 Å². The van der Waals surface area contributed by atoms with Crippen molar-refractivity contribution in [2.45, 2.75) is 89.6 Å². The van der Waals surface area contributed by atoms with E-state index in [9.17, 15) is 0 Å². The van der Waals surface area contributed by atoms with Gasteiger partial charge in [0.05, 0.1) is 0 Å². The van der Waals surface area contributed by atoms with E-state index in [0.717, 1.165) is 0 Å². The molecule has 0 fully saturated rings. The van der Waals surface area contributed by atoms with E-state index in [0.29, 0.717) is 0 Å². The second-order valence-electron chi connectivity index (χ2n) is 6.52. The van der Waals surface area contributed by atoms with Crippen LogP contribution in [0.3, 0.4) is 0 Å². The lowest BCUT2D eigenvalue weighted by Gasteiger charge is -2.21. The molecule has 0 N–H and O–H groups in total. The summed E-state index contributed by atoms with van der Waals surface area (Å²) in [5.74, 6) is 0. The minimum atomic E-state index is 0.278. The number of benzene rings is 1. The van der Waals surface area contributed by atoms with Gasteiger partial charge in [0.1, 0.15) is 0 Å². The van der Waals surface area contributed by atoms with Crippen molar-refractivity contribution >= 4 is 25.3 Å². The van der Waals surface area contributed by atoms with Crippen LogP contribution in [0.1, 0.15) is 99.0 Å². The molecular weight excluding hydrogens is 304 g/mol. The molecule has 0 saturated heterocycles. The fraction of sp³-hybridized carbons (Fsp3) is 0.700. The minimum Gasteiger partial charge on any atom is -0.171 e. The fourth-order valence-corrected chi connectivity index (χ4v) is 3.66. The lowest BCUT2D eigenvalue weighted by Crippen LogP contribution is -2.05. The third-order valence-electron chi connectivity index (χ3n) is 4.34. The highest BCUT2D eigenvalue weighted by Crippen LogP contribution is 2.35. The first kappa shape index (κ1) is 20.0. The maximum absolute atomic E-state index is 4.74. The number of unbranched alkanes of at least 4 members (excludes halogenated alkanes) is 4. The molecule has 1 aromatic carbocycles. The molecule has 0 heterocycles. The van der Waals surface area contributed by atoms with Gasteiger partial charge in [-0.15, -0.1) is 0 Å². The Morgan fingerprint density at radius 1 is 0.818 bits per heavy atom. The molecule has 0 saturated carbocycles. The Hall–Kier alpha value is -0.0800. The van der Waals surface area contributed by atoms with Crippen molar-refractivity contribution in [2.24, 2.45) is 0 Å². The highest BCUT2D eigenvalue weighted by Gasteiger charge is 2.16. The van der Waals surface area contributed by atoms with Gasteiger partial charge in [0, 0.05) is 10.5 Å². The quantitative estimate of drug-likeness (QED) is 0.329. The van der Waals surface area contributed by atoms with Crippen LogP contribution in [0.2, 0.25) is 0 Å². The average Bonchev–Trinajstić information content (AvgIpc) is 2.48. The second-order valence-corrected chi connectivity index (χ2v) is 8.07. The molecule has 126 valence electrons. The van der Waals surface area contributed by atoms with Gasteiger partial charge in [-0.3, -0.25) is 0 Å². The summed E-state index contributed by atoms with van der Waals surface area (Å²) in [6.45, 7) is 8.91. The molecule has 1 aromatic rings. The topological polar surface area (TPSA) is 0 Å². The van der Waals surface area contributed by atoms with Gasteiger partial charge in [-0.05, 0) is 61.8 Å². The molecule has 2 heteroatoms. The summed E-state index contributed by atoms with van der Waals surface area (Å²) in [4.78, 5) is 0. The summed E-state index contributed by atoms with van der Waals surface area (Å²) in [6, 6.07) is 4.84. The molecule has 1 rings (SSSR count). The van der Waals surface area contributed by atoms with Gasteiger partial charge in [0.15, 0.2) is 0 Å². The second kappa shape index (κ2) is 10.6. The van der Waals surface area contributed by atoms with Crippen molar-refractivity contribution in [2.75, 3.05) is 0 Å². The maximum Gasteiger partial charge on any atom is 0.0244 e. The average molecular weight is 339 g/mol. The summed E-state index contributed by atoms with van der Waals surface area (Å²) in [5, 5.41) is 0.561. The SMILES string of the molecule is CCCCCCc1cc(CCCC)c(C(C)S)c(C(C)S)c1. The van der Waals surface area contributed by atoms with Gasteiger partial charge < -0.3 is 0 Å². The summed E-state index contributed by atoms with van der Waals surface area (Å²) in [7, 11) is 0. The van der Waals surface area contributed by atoms with Crippen LogP contribution in [0, 0.1) is 0 Å². The Kier molecular flexibility index (Phi) is 9.66. The molecule has 0 aliphatic rings. The summed E-state index contributed by atoms with van der Waals surface area (Å²) in [6.07, 6.45) is 10.2. The van der Waals surface area contributed by atoms with E-state index in [1.54, 1.807) is 0 Å². The smallest absolute Gasteiger partial charge is 0.0244 e. The molecule has 2 atom stereocenters. The molecule has 0 nitrogen and oxygen atoms in total. The Morgan fingerprint density at radius 2 is 1.50 bits per heavy atom. The third kappa shape index (κ3) is 6.20. The lowest BCUT2D eigenvalue weighted by atomic mass is 9.89. The van der Waals surface area contributed by atoms with Crippen LogP contribution in [0.4, 0.5) is 0 Å². The summed E-state index contributed by atoms with van der Waals surface area (Å²) >= 11 is 9.47. The fourth-order valence-electron chi connectivity index (χ4n) is 3.14. The van der Waals surface area contributed by atoms with Crippen LogP contribution in [0.25, 0.3) is 0 Å². The van der Waals surface area contributed by atoms with Crippen LogP contribution < -0.4 is 0 Å². The Balaban J connectivity index is 3.05. The molecule has 0 bridgehead atoms. The van der Waals surface area contributed by atoms with E-state index in [1.165, 1.54) is 73.6 Å². The zero-order valence-electron chi connectivity index (χ0n) is 14.9. The molecule has 0 aromatic heterocycles. The highest BCUT2D eigenvalue weighted by molar-refractivity contribution is 7.80. The molecule has 0 amide bonds. The largest absolute Gasteiger partial charge is 0.171 e. The number of hydrogen-bond acceptors (Lipinski definition) is 2. The van der Waals surface area contributed by atoms with Crippen molar-refractivity contribution in [3.63, 3.8) is 0 Å². The molecule has 0 spiro atoms. The summed E-state index contributed by atoms with van der Waals surface area (Å²) in [5.41, 5.74) is 5.82. The molecule has 0 aliphatic heterocycles. The van der Waals surface area contributed by atoms with Crippen LogP contribution in [-0.2, 0) is 12.8 Å². The lowest BCUT2D eigenvalue weighted by molar-refractivity contribution is 0.665. The molecular formula is C20H34S2. The Morgan fingerprint density at radius 3 is 2.05 bits per heavy atom. The van der Waals surface area contributed by atoms with Gasteiger partial charge in [0.25, 0.3) is 0 Å². The van der Waals surface area contributed by atoms with Crippen LogP contribution in [0.5, 0.6) is 0 Å². The van der Waals surface area contributed by atoms with E-state index in [-0.39, 0.29) is 10.5 Å². The number of hydrogen-bond donors (Lipinski definition) is 2. The number of aryl methyl sites for hydroxylation is 2. The predicted octanol–water partition coefficient (Wildman–Crippen LogP) is 7.13. The van der Waals surface area contributed by atoms with Gasteiger partial charge >= 0.3 is 0 Å². The van der Waals surface area contributed by atoms with Gasteiger partial charge in [0.2, 0.25) is 0 Å². The van der Waals surface area contributed by atoms with Crippen molar-refractivity contribution < 1.29 is 0 Å². The molecule has 0 radical (unpaired) electrons. The standard InChI is InChI=1S/C20H34S2/c1-5-7-9-10-11-17-13-18(12-8-6-2)20(16(4)22)19(14-17)15(3)21/h13-16,21-22H,5-12H2,1-4H3. The first-order valence-corrected chi connectivity index (χ1v) is 10.1. The maximum atomic E-state index is 4.74. The normalized spacial score (nSPS) is 14.1. The van der Waals surface area contributed by atoms with Crippen LogP contribution in [0.15, 0.2) is 12.1 Å². The van der Waals surface area contributed by atoms with E-state index < -0.39 is 0 Å². The Bertz CT molecular complexity index is 436. The Labute approximate surface area is 149 Å². The first-order chi connectivity index (χ1) is 10.5. The number of rotatable bonds is 10. The third-order valence-corrected chi connectivity index (χ3v) is 4.88. The zero-order valence-corrected chi connectivity index (χ0v) is 16.6. The van der Waals surface area contributed by atoms with Gasteiger partial charge in [-0.1, -0.05) is 51.7 Å². The van der Waals surface area contributed by atoms with E-state index in [2.05, 4.69) is 39.8 Å². The van der Waals surface area contributed by atoms with Crippen LogP contribution >= 0.6 is 25.3 Å². The van der Waals surface area contributed by atoms with Gasteiger partial charge in [-0.25, -0.2) is 0 Å². The molecule has 2 unspecified atom stereocenters. The molecule has 22 heavy (non-hydrogen) atoms. The van der Waals surface area contributed by atoms with Crippen molar-refractivity contribution in [1.29, 1.82) is 0 Å². The van der Waals surface area contributed by atoms with Crippen LogP contribution in [-0.4, -0.2) is 0 Å². The monoisotopic (exact) mass is 338 g/mol. The predicted molar refractivity (Wildman–Crippen MR) is 108 cm³/mol. The number of thiol groups is 2. The summed E-state index contributed by atoms with van der Waals surface area (Å²) < 4.78 is 0. The van der Waals surface area contributed by atoms with Crippen molar-refractivity contribution in [3.8, 4) is 0 Å². The zero-order chi connectivity index (χ0) is 16.5. The van der Waals surface area contributed by atoms with E-state index in [1.807, 2.05) is 0 Å². The minimum absolute atomic E-state index is 0.278. The van der Waals surface area contributed by atoms with E-state index in [4.69, 9.17) is 25.3 Å². The van der Waals surface area contributed by atoms with E-state index >= 15 is 0 Å². The first-order valence-electron chi connectivity index (χ1n) is 9.02. The van der Waals surface area contributed by atoms with Gasteiger partial charge in [-0.2, -0.15) is 25.3 Å². The molecule has 0 aliphatic carbocycles. The van der Waals surface area contributed by atoms with Crippen molar-refractivity contribution in [1.82, 2.24) is 0 Å².